The van der Waals surface area contributed by atoms with E-state index >= 15 is 0 Å². The maximum atomic E-state index is 12.4. The van der Waals surface area contributed by atoms with E-state index in [1.165, 1.54) is 0 Å². The number of rotatable bonds is 4. The lowest BCUT2D eigenvalue weighted by Crippen LogP contribution is -2.34. The van der Waals surface area contributed by atoms with Gasteiger partial charge in [-0.2, -0.15) is 0 Å². The van der Waals surface area contributed by atoms with Crippen LogP contribution in [0.2, 0.25) is 0 Å². The van der Waals surface area contributed by atoms with E-state index in [1.54, 1.807) is 11.0 Å². The molecule has 0 aliphatic heterocycles. The zero-order valence-electron chi connectivity index (χ0n) is 12.6. The molecule has 0 radical (unpaired) electrons. The second-order valence-electron chi connectivity index (χ2n) is 4.89. The normalized spacial score (nSPS) is 10.4. The van der Waals surface area contributed by atoms with Crippen molar-refractivity contribution in [2.75, 3.05) is 13.1 Å². The summed E-state index contributed by atoms with van der Waals surface area (Å²) in [6.07, 6.45) is 0. The van der Waals surface area contributed by atoms with Crippen molar-refractivity contribution >= 4 is 5.91 Å². The van der Waals surface area contributed by atoms with Crippen LogP contribution in [-0.2, 0) is 0 Å². The fourth-order valence-corrected chi connectivity index (χ4v) is 2.38. The summed E-state index contributed by atoms with van der Waals surface area (Å²) in [5, 5.41) is 0. The average molecular weight is 284 g/mol. The van der Waals surface area contributed by atoms with Gasteiger partial charge in [0.25, 0.3) is 11.5 Å². The van der Waals surface area contributed by atoms with Gasteiger partial charge >= 0.3 is 0 Å². The van der Waals surface area contributed by atoms with Crippen LogP contribution in [-0.4, -0.2) is 28.9 Å². The summed E-state index contributed by atoms with van der Waals surface area (Å²) in [4.78, 5) is 29.0. The SMILES string of the molecule is CCN(CC)C(=O)c1cc(-c2ccccc2)c(C)[nH]c1=O. The molecule has 0 aliphatic carbocycles. The fraction of sp³-hybridized carbons (Fsp3) is 0.294. The Morgan fingerprint density at radius 2 is 1.76 bits per heavy atom. The van der Waals surface area contributed by atoms with Gasteiger partial charge < -0.3 is 9.88 Å². The highest BCUT2D eigenvalue weighted by atomic mass is 16.2. The highest BCUT2D eigenvalue weighted by Gasteiger charge is 2.18. The molecule has 1 N–H and O–H groups in total. The maximum Gasteiger partial charge on any atom is 0.261 e. The first kappa shape index (κ1) is 15.0. The van der Waals surface area contributed by atoms with Crippen LogP contribution in [0, 0.1) is 6.92 Å². The fourth-order valence-electron chi connectivity index (χ4n) is 2.38. The van der Waals surface area contributed by atoms with Crippen molar-refractivity contribution in [3.8, 4) is 11.1 Å². The molecule has 1 aromatic carbocycles. The first-order chi connectivity index (χ1) is 10.1. The monoisotopic (exact) mass is 284 g/mol. The number of amides is 1. The summed E-state index contributed by atoms with van der Waals surface area (Å²) >= 11 is 0. The number of nitrogens with one attached hydrogen (secondary N) is 1. The molecular weight excluding hydrogens is 264 g/mol. The van der Waals surface area contributed by atoms with Crippen LogP contribution < -0.4 is 5.56 Å². The van der Waals surface area contributed by atoms with E-state index in [9.17, 15) is 9.59 Å². The Labute approximate surface area is 124 Å². The summed E-state index contributed by atoms with van der Waals surface area (Å²) < 4.78 is 0. The zero-order valence-corrected chi connectivity index (χ0v) is 12.6. The second-order valence-corrected chi connectivity index (χ2v) is 4.89. The summed E-state index contributed by atoms with van der Waals surface area (Å²) in [5.74, 6) is -0.224. The minimum absolute atomic E-state index is 0.197. The molecule has 0 spiro atoms. The number of benzene rings is 1. The number of carbonyl (C=O) groups is 1. The van der Waals surface area contributed by atoms with Gasteiger partial charge in [0.05, 0.1) is 0 Å². The Kier molecular flexibility index (Phi) is 4.58. The Hall–Kier alpha value is -2.36. The van der Waals surface area contributed by atoms with Crippen LogP contribution in [0.25, 0.3) is 11.1 Å². The van der Waals surface area contributed by atoms with Crippen molar-refractivity contribution in [3.63, 3.8) is 0 Å². The molecular formula is C17H20N2O2. The first-order valence-corrected chi connectivity index (χ1v) is 7.17. The molecule has 0 aliphatic rings. The molecule has 1 aromatic heterocycles. The molecule has 2 aromatic rings. The number of aromatic nitrogens is 1. The van der Waals surface area contributed by atoms with Gasteiger partial charge in [-0.3, -0.25) is 9.59 Å². The summed E-state index contributed by atoms with van der Waals surface area (Å²) in [5.41, 5.74) is 2.50. The van der Waals surface area contributed by atoms with Crippen molar-refractivity contribution in [3.05, 3.63) is 58.0 Å². The lowest BCUT2D eigenvalue weighted by molar-refractivity contribution is 0.0771. The molecule has 110 valence electrons. The minimum atomic E-state index is -0.330. The number of aryl methyl sites for hydroxylation is 1. The molecule has 0 saturated heterocycles. The molecule has 0 saturated carbocycles. The number of pyridine rings is 1. The topological polar surface area (TPSA) is 53.2 Å². The smallest absolute Gasteiger partial charge is 0.261 e. The van der Waals surface area contributed by atoms with E-state index in [0.717, 1.165) is 16.8 Å². The number of aromatic amines is 1. The standard InChI is InChI=1S/C17H20N2O2/c1-4-19(5-2)17(21)15-11-14(12(3)18-16(15)20)13-9-7-6-8-10-13/h6-11H,4-5H2,1-3H3,(H,18,20). The molecule has 4 nitrogen and oxygen atoms in total. The highest BCUT2D eigenvalue weighted by molar-refractivity contribution is 5.95. The number of hydrogen-bond donors (Lipinski definition) is 1. The molecule has 0 fully saturated rings. The largest absolute Gasteiger partial charge is 0.339 e. The van der Waals surface area contributed by atoms with Crippen molar-refractivity contribution < 1.29 is 4.79 Å². The van der Waals surface area contributed by atoms with Gasteiger partial charge in [0.2, 0.25) is 0 Å². The molecule has 2 rings (SSSR count). The van der Waals surface area contributed by atoms with Crippen LogP contribution in [0.5, 0.6) is 0 Å². The Bertz CT molecular complexity index is 686. The third-order valence-electron chi connectivity index (χ3n) is 3.60. The van der Waals surface area contributed by atoms with E-state index in [0.29, 0.717) is 13.1 Å². The molecule has 0 unspecified atom stereocenters. The van der Waals surface area contributed by atoms with E-state index in [-0.39, 0.29) is 17.0 Å². The quantitative estimate of drug-likeness (QED) is 0.938. The van der Waals surface area contributed by atoms with E-state index < -0.39 is 0 Å². The van der Waals surface area contributed by atoms with Crippen LogP contribution in [0.3, 0.4) is 0 Å². The number of hydrogen-bond acceptors (Lipinski definition) is 2. The molecule has 0 bridgehead atoms. The van der Waals surface area contributed by atoms with Crippen molar-refractivity contribution in [1.29, 1.82) is 0 Å². The van der Waals surface area contributed by atoms with Gasteiger partial charge in [-0.25, -0.2) is 0 Å². The van der Waals surface area contributed by atoms with E-state index in [1.807, 2.05) is 51.1 Å². The average Bonchev–Trinajstić information content (AvgIpc) is 2.49. The van der Waals surface area contributed by atoms with Crippen molar-refractivity contribution in [2.24, 2.45) is 0 Å². The predicted octanol–water partition coefficient (Wildman–Crippen LogP) is 2.83. The maximum absolute atomic E-state index is 12.4. The lowest BCUT2D eigenvalue weighted by atomic mass is 10.0. The van der Waals surface area contributed by atoms with Gasteiger partial charge in [-0.05, 0) is 32.4 Å². The van der Waals surface area contributed by atoms with Gasteiger partial charge in [0.1, 0.15) is 5.56 Å². The van der Waals surface area contributed by atoms with Crippen molar-refractivity contribution in [2.45, 2.75) is 20.8 Å². The molecule has 4 heteroatoms. The Balaban J connectivity index is 2.54. The first-order valence-electron chi connectivity index (χ1n) is 7.17. The molecule has 1 heterocycles. The highest BCUT2D eigenvalue weighted by Crippen LogP contribution is 2.21. The second kappa shape index (κ2) is 6.39. The van der Waals surface area contributed by atoms with Crippen LogP contribution in [0.4, 0.5) is 0 Å². The predicted molar refractivity (Wildman–Crippen MR) is 84.5 cm³/mol. The van der Waals surface area contributed by atoms with Crippen molar-refractivity contribution in [1.82, 2.24) is 9.88 Å². The van der Waals surface area contributed by atoms with Crippen LogP contribution in [0.1, 0.15) is 29.9 Å². The van der Waals surface area contributed by atoms with Crippen LogP contribution in [0.15, 0.2) is 41.2 Å². The number of nitrogens with zero attached hydrogens (tertiary/aromatic N) is 1. The third kappa shape index (κ3) is 3.05. The zero-order chi connectivity index (χ0) is 15.4. The number of H-pyrrole nitrogens is 1. The third-order valence-corrected chi connectivity index (χ3v) is 3.60. The molecule has 0 atom stereocenters. The van der Waals surface area contributed by atoms with Gasteiger partial charge in [0, 0.05) is 24.3 Å². The Morgan fingerprint density at radius 3 is 2.33 bits per heavy atom. The Morgan fingerprint density at radius 1 is 1.14 bits per heavy atom. The number of carbonyl (C=O) groups excluding carboxylic acids is 1. The molecule has 21 heavy (non-hydrogen) atoms. The van der Waals surface area contributed by atoms with E-state index in [4.69, 9.17) is 0 Å². The lowest BCUT2D eigenvalue weighted by Gasteiger charge is -2.18. The summed E-state index contributed by atoms with van der Waals surface area (Å²) in [7, 11) is 0. The van der Waals surface area contributed by atoms with E-state index in [2.05, 4.69) is 4.98 Å². The van der Waals surface area contributed by atoms with Gasteiger partial charge in [-0.15, -0.1) is 0 Å². The molecule has 1 amide bonds. The summed E-state index contributed by atoms with van der Waals surface area (Å²) in [6, 6.07) is 11.4. The minimum Gasteiger partial charge on any atom is -0.339 e. The van der Waals surface area contributed by atoms with Gasteiger partial charge in [0.15, 0.2) is 0 Å². The van der Waals surface area contributed by atoms with Crippen LogP contribution >= 0.6 is 0 Å². The summed E-state index contributed by atoms with van der Waals surface area (Å²) in [6.45, 7) is 6.83. The van der Waals surface area contributed by atoms with Gasteiger partial charge in [-0.1, -0.05) is 30.3 Å².